The van der Waals surface area contributed by atoms with E-state index in [-0.39, 0.29) is 37.5 Å². The molecule has 0 aromatic heterocycles. The minimum Gasteiger partial charge on any atom is -0.465 e. The van der Waals surface area contributed by atoms with Crippen molar-refractivity contribution in [1.29, 1.82) is 0 Å². The van der Waals surface area contributed by atoms with E-state index in [0.29, 0.717) is 32.1 Å². The maximum absolute atomic E-state index is 15.0. The Labute approximate surface area is 257 Å². The van der Waals surface area contributed by atoms with Crippen LogP contribution in [0.15, 0.2) is 43.5 Å². The molecule has 3 fully saturated rings. The first kappa shape index (κ1) is 32.9. The van der Waals surface area contributed by atoms with Gasteiger partial charge in [0.2, 0.25) is 5.91 Å². The van der Waals surface area contributed by atoms with Gasteiger partial charge in [-0.05, 0) is 75.5 Å². The van der Waals surface area contributed by atoms with Gasteiger partial charge in [-0.3, -0.25) is 14.4 Å². The number of hydrogen-bond donors (Lipinski definition) is 1. The summed E-state index contributed by atoms with van der Waals surface area (Å²) >= 11 is 0. The van der Waals surface area contributed by atoms with Crippen LogP contribution in [0, 0.1) is 31.6 Å². The van der Waals surface area contributed by atoms with E-state index < -0.39 is 41.1 Å². The molecule has 1 N–H and O–H groups in total. The molecule has 43 heavy (non-hydrogen) atoms. The Bertz CT molecular complexity index is 1230. The SMILES string of the molecule is C=CCCCCOC(=O)[C@H]1[C@H]2C(=O)N([C@@H](CO)[C@@H](C)CC)C(C(=O)N(CC=C)c3cc(C)ccc3C)C23CC[C@]1(CC)O3. The van der Waals surface area contributed by atoms with E-state index in [1.165, 1.54) is 0 Å². The van der Waals surface area contributed by atoms with E-state index in [2.05, 4.69) is 13.2 Å². The maximum atomic E-state index is 15.0. The molecular weight excluding hydrogens is 544 g/mol. The summed E-state index contributed by atoms with van der Waals surface area (Å²) in [6.07, 6.45) is 8.18. The maximum Gasteiger partial charge on any atom is 0.312 e. The second-order valence-corrected chi connectivity index (χ2v) is 12.7. The highest BCUT2D eigenvalue weighted by Crippen LogP contribution is 2.65. The summed E-state index contributed by atoms with van der Waals surface area (Å²) < 4.78 is 12.7. The van der Waals surface area contributed by atoms with Crippen LogP contribution < -0.4 is 4.90 Å². The van der Waals surface area contributed by atoms with Crippen molar-refractivity contribution >= 4 is 23.5 Å². The molecule has 0 aliphatic carbocycles. The van der Waals surface area contributed by atoms with Gasteiger partial charge in [-0.2, -0.15) is 0 Å². The van der Waals surface area contributed by atoms with Crippen molar-refractivity contribution in [2.24, 2.45) is 17.8 Å². The lowest BCUT2D eigenvalue weighted by Crippen LogP contribution is -2.60. The number of ether oxygens (including phenoxy) is 2. The van der Waals surface area contributed by atoms with Crippen LogP contribution in [-0.2, 0) is 23.9 Å². The van der Waals surface area contributed by atoms with E-state index >= 15 is 0 Å². The summed E-state index contributed by atoms with van der Waals surface area (Å²) in [4.78, 5) is 46.7. The van der Waals surface area contributed by atoms with Crippen LogP contribution in [0.1, 0.15) is 76.8 Å². The number of amides is 2. The number of aliphatic hydroxyl groups excluding tert-OH is 1. The highest BCUT2D eigenvalue weighted by Gasteiger charge is 2.79. The fourth-order valence-corrected chi connectivity index (χ4v) is 7.71. The molecule has 4 rings (SSSR count). The molecule has 8 nitrogen and oxygen atoms in total. The second kappa shape index (κ2) is 13.3. The summed E-state index contributed by atoms with van der Waals surface area (Å²) in [5.74, 6) is -2.78. The summed E-state index contributed by atoms with van der Waals surface area (Å²) in [6.45, 7) is 17.8. The number of hydrogen-bond acceptors (Lipinski definition) is 6. The molecule has 1 aromatic carbocycles. The van der Waals surface area contributed by atoms with Crippen LogP contribution in [0.25, 0.3) is 0 Å². The van der Waals surface area contributed by atoms with Crippen LogP contribution in [0.5, 0.6) is 0 Å². The lowest BCUT2D eigenvalue weighted by atomic mass is 9.65. The number of likely N-dealkylation sites (tertiary alicyclic amines) is 1. The molecular formula is C35H50N2O6. The van der Waals surface area contributed by atoms with Gasteiger partial charge < -0.3 is 24.4 Å². The van der Waals surface area contributed by atoms with Gasteiger partial charge in [0, 0.05) is 12.2 Å². The van der Waals surface area contributed by atoms with E-state index in [9.17, 15) is 19.5 Å². The first-order chi connectivity index (χ1) is 20.6. The predicted octanol–water partition coefficient (Wildman–Crippen LogP) is 5.28. The summed E-state index contributed by atoms with van der Waals surface area (Å²) in [6, 6.07) is 4.34. The van der Waals surface area contributed by atoms with Gasteiger partial charge in [0.05, 0.1) is 30.8 Å². The smallest absolute Gasteiger partial charge is 0.312 e. The minimum atomic E-state index is -1.20. The van der Waals surface area contributed by atoms with Gasteiger partial charge in [-0.15, -0.1) is 13.2 Å². The van der Waals surface area contributed by atoms with Crippen molar-refractivity contribution in [3.63, 3.8) is 0 Å². The number of anilines is 1. The van der Waals surface area contributed by atoms with Gasteiger partial charge in [0.1, 0.15) is 17.6 Å². The highest BCUT2D eigenvalue weighted by molar-refractivity contribution is 6.05. The number of benzene rings is 1. The van der Waals surface area contributed by atoms with E-state index in [4.69, 9.17) is 9.47 Å². The van der Waals surface area contributed by atoms with E-state index in [1.807, 2.05) is 58.9 Å². The van der Waals surface area contributed by atoms with Gasteiger partial charge in [-0.1, -0.05) is 51.5 Å². The van der Waals surface area contributed by atoms with Gasteiger partial charge >= 0.3 is 5.97 Å². The molecule has 3 aliphatic rings. The van der Waals surface area contributed by atoms with Crippen LogP contribution >= 0.6 is 0 Å². The van der Waals surface area contributed by atoms with Crippen molar-refractivity contribution in [2.45, 2.75) is 103 Å². The number of carbonyl (C=O) groups excluding carboxylic acids is 3. The number of aryl methyl sites for hydroxylation is 2. The molecule has 2 unspecified atom stereocenters. The molecule has 1 aromatic rings. The van der Waals surface area contributed by atoms with Gasteiger partial charge in [0.25, 0.3) is 5.91 Å². The topological polar surface area (TPSA) is 96.4 Å². The molecule has 0 saturated carbocycles. The highest BCUT2D eigenvalue weighted by atomic mass is 16.6. The van der Waals surface area contributed by atoms with E-state index in [1.54, 1.807) is 15.9 Å². The molecule has 3 aliphatic heterocycles. The average molecular weight is 595 g/mol. The van der Waals surface area contributed by atoms with Crippen LogP contribution in [0.3, 0.4) is 0 Å². The largest absolute Gasteiger partial charge is 0.465 e. The number of fused-ring (bicyclic) bond motifs is 1. The Morgan fingerprint density at radius 2 is 1.95 bits per heavy atom. The standard InChI is InChI=1S/C35H50N2O6/c1-8-12-13-14-20-42-33(41)29-28-31(39)37(27(22-38)24(6)10-3)30(35(28)18-17-34(29,11-4)43-35)32(40)36(19-9-2)26-21-23(5)15-16-25(26)7/h8-9,15-16,21,24,27-30,38H,1-2,10-14,17-20,22H2,3-7H3/t24-,27-,28-,29+,30?,34-,35?/m0/s1. The number of allylic oxidation sites excluding steroid dienone is 1. The monoisotopic (exact) mass is 594 g/mol. The van der Waals surface area contributed by atoms with Crippen LogP contribution in [0.4, 0.5) is 5.69 Å². The molecule has 236 valence electrons. The number of unbranched alkanes of at least 4 members (excludes halogenated alkanes) is 2. The normalized spacial score (nSPS) is 28.8. The molecule has 2 bridgehead atoms. The number of nitrogens with zero attached hydrogens (tertiary/aromatic N) is 2. The summed E-state index contributed by atoms with van der Waals surface area (Å²) in [5.41, 5.74) is 0.593. The van der Waals surface area contributed by atoms with Crippen molar-refractivity contribution in [3.8, 4) is 0 Å². The van der Waals surface area contributed by atoms with Crippen molar-refractivity contribution in [3.05, 3.63) is 54.6 Å². The zero-order valence-corrected chi connectivity index (χ0v) is 26.6. The van der Waals surface area contributed by atoms with Crippen molar-refractivity contribution < 1.29 is 29.0 Å². The molecule has 3 saturated heterocycles. The fourth-order valence-electron chi connectivity index (χ4n) is 7.71. The van der Waals surface area contributed by atoms with Crippen molar-refractivity contribution in [1.82, 2.24) is 4.90 Å². The van der Waals surface area contributed by atoms with Crippen molar-refractivity contribution in [2.75, 3.05) is 24.7 Å². The average Bonchev–Trinajstić information content (AvgIpc) is 3.61. The molecule has 8 heteroatoms. The fraction of sp³-hybridized carbons (Fsp3) is 0.629. The van der Waals surface area contributed by atoms with Gasteiger partial charge in [-0.25, -0.2) is 0 Å². The predicted molar refractivity (Wildman–Crippen MR) is 167 cm³/mol. The van der Waals surface area contributed by atoms with E-state index in [0.717, 1.165) is 29.7 Å². The number of carbonyl (C=O) groups is 3. The third kappa shape index (κ3) is 5.57. The van der Waals surface area contributed by atoms with Crippen LogP contribution in [-0.4, -0.2) is 70.8 Å². The third-order valence-electron chi connectivity index (χ3n) is 10.2. The Balaban J connectivity index is 1.82. The Kier molecular flexibility index (Phi) is 10.2. The molecule has 2 amide bonds. The first-order valence-electron chi connectivity index (χ1n) is 16.0. The Morgan fingerprint density at radius 3 is 2.58 bits per heavy atom. The van der Waals surface area contributed by atoms with Gasteiger partial charge in [0.15, 0.2) is 0 Å². The zero-order chi connectivity index (χ0) is 31.5. The third-order valence-corrected chi connectivity index (χ3v) is 10.2. The zero-order valence-electron chi connectivity index (χ0n) is 26.6. The lowest BCUT2D eigenvalue weighted by molar-refractivity contribution is -0.162. The quantitative estimate of drug-likeness (QED) is 0.169. The number of aliphatic hydroxyl groups is 1. The minimum absolute atomic E-state index is 0.0827. The summed E-state index contributed by atoms with van der Waals surface area (Å²) in [5, 5.41) is 10.7. The Morgan fingerprint density at radius 1 is 1.21 bits per heavy atom. The van der Waals surface area contributed by atoms with Crippen LogP contribution in [0.2, 0.25) is 0 Å². The molecule has 1 spiro atoms. The first-order valence-corrected chi connectivity index (χ1v) is 16.0. The number of rotatable bonds is 15. The summed E-state index contributed by atoms with van der Waals surface area (Å²) in [7, 11) is 0. The Hall–Kier alpha value is -2.97. The molecule has 7 atom stereocenters. The lowest BCUT2D eigenvalue weighted by Gasteiger charge is -2.41. The molecule has 3 heterocycles. The number of esters is 1. The molecule has 0 radical (unpaired) electrons. The second-order valence-electron chi connectivity index (χ2n) is 12.7.